The van der Waals surface area contributed by atoms with Gasteiger partial charge in [-0.1, -0.05) is 30.3 Å². The minimum Gasteiger partial charge on any atom is -0.744 e. The van der Waals surface area contributed by atoms with Crippen molar-refractivity contribution in [3.8, 4) is 22.6 Å². The number of esters is 2. The Morgan fingerprint density at radius 2 is 1.63 bits per heavy atom. The third-order valence-electron chi connectivity index (χ3n) is 4.47. The lowest BCUT2D eigenvalue weighted by atomic mass is 10.1. The van der Waals surface area contributed by atoms with Gasteiger partial charge in [0.05, 0.1) is 17.6 Å². The molecule has 0 aromatic heterocycles. The van der Waals surface area contributed by atoms with Crippen LogP contribution in [0.4, 0.5) is 0 Å². The van der Waals surface area contributed by atoms with Crippen molar-refractivity contribution in [1.82, 2.24) is 0 Å². The summed E-state index contributed by atoms with van der Waals surface area (Å²) in [4.78, 5) is 23.8. The molecular weight excluding hydrogens is 817 g/mol. The molecule has 0 amide bonds. The first kappa shape index (κ1) is 28.1. The largest absolute Gasteiger partial charge is 0.744 e. The van der Waals surface area contributed by atoms with Gasteiger partial charge in [-0.2, -0.15) is 0 Å². The van der Waals surface area contributed by atoms with Crippen molar-refractivity contribution in [2.45, 2.75) is 11.8 Å². The Morgan fingerprint density at radius 3 is 2.26 bits per heavy atom. The fourth-order valence-corrected chi connectivity index (χ4v) is 7.74. The quantitative estimate of drug-likeness (QED) is 0.0997. The van der Waals surface area contributed by atoms with Crippen molar-refractivity contribution in [2.24, 2.45) is 0 Å². The van der Waals surface area contributed by atoms with Crippen LogP contribution in [-0.4, -0.2) is 38.1 Å². The molecule has 0 heterocycles. The average molecular weight is 833 g/mol. The van der Waals surface area contributed by atoms with Crippen molar-refractivity contribution in [3.05, 3.63) is 70.9 Å². The van der Waals surface area contributed by atoms with Gasteiger partial charge in [0.15, 0.2) is 5.75 Å². The predicted molar refractivity (Wildman–Crippen MR) is 152 cm³/mol. The molecule has 0 saturated heterocycles. The average Bonchev–Trinajstić information content (AvgIpc) is 2.79. The van der Waals surface area contributed by atoms with Crippen molar-refractivity contribution in [2.75, 3.05) is 13.2 Å². The zero-order valence-corrected chi connectivity index (χ0v) is 25.2. The molecule has 0 aliphatic carbocycles. The summed E-state index contributed by atoms with van der Waals surface area (Å²) in [5.74, 6) is -0.502. The molecule has 0 spiro atoms. The molecule has 0 saturated carbocycles. The zero-order valence-electron chi connectivity index (χ0n) is 17.9. The summed E-state index contributed by atoms with van der Waals surface area (Å²) in [5, 5.41) is 0. The lowest BCUT2D eigenvalue weighted by Crippen LogP contribution is -2.16. The highest BCUT2D eigenvalue weighted by molar-refractivity contribution is 14.1. The summed E-state index contributed by atoms with van der Waals surface area (Å²) in [6.45, 7) is 1.17. The maximum absolute atomic E-state index is 12.7. The lowest BCUT2D eigenvalue weighted by molar-refractivity contribution is -0.132. The van der Waals surface area contributed by atoms with E-state index in [4.69, 9.17) is 14.2 Å². The van der Waals surface area contributed by atoms with Gasteiger partial charge < -0.3 is 18.8 Å². The normalized spacial score (nSPS) is 11.1. The van der Waals surface area contributed by atoms with Crippen molar-refractivity contribution < 1.29 is 36.8 Å². The third-order valence-corrected chi connectivity index (χ3v) is 8.04. The van der Waals surface area contributed by atoms with E-state index in [-0.39, 0.29) is 29.2 Å². The molecule has 3 rings (SSSR count). The second-order valence-corrected chi connectivity index (χ2v) is 11.7. The van der Waals surface area contributed by atoms with Gasteiger partial charge in [-0.25, -0.2) is 13.2 Å². The van der Waals surface area contributed by atoms with Crippen LogP contribution < -0.4 is 9.47 Å². The van der Waals surface area contributed by atoms with E-state index in [1.807, 2.05) is 67.8 Å². The Bertz CT molecular complexity index is 1380. The van der Waals surface area contributed by atoms with Gasteiger partial charge in [-0.05, 0) is 97.6 Å². The SMILES string of the molecule is CC(=O)Oc1c(I)cc(I)c(C(=O)OCCOc2ccc(S(=O)(=O)[O-])c(-c3ccccc3)c2)c1I. The van der Waals surface area contributed by atoms with Gasteiger partial charge in [0.1, 0.15) is 29.1 Å². The van der Waals surface area contributed by atoms with E-state index in [1.54, 1.807) is 36.4 Å². The Balaban J connectivity index is 1.72. The second kappa shape index (κ2) is 12.2. The predicted octanol–water partition coefficient (Wildman–Crippen LogP) is 5.23. The molecule has 0 unspecified atom stereocenters. The van der Waals surface area contributed by atoms with E-state index in [9.17, 15) is 22.6 Å². The van der Waals surface area contributed by atoms with E-state index < -0.39 is 22.1 Å². The first-order chi connectivity index (χ1) is 16.5. The molecule has 0 bridgehead atoms. The fraction of sp³-hybridized carbons (Fsp3) is 0.130. The Kier molecular flexibility index (Phi) is 9.75. The number of carbonyl (C=O) groups is 2. The molecule has 0 N–H and O–H groups in total. The molecule has 0 aliphatic heterocycles. The van der Waals surface area contributed by atoms with Crippen LogP contribution in [0, 0.1) is 10.7 Å². The molecule has 3 aromatic carbocycles. The molecule has 12 heteroatoms. The molecule has 0 fully saturated rings. The zero-order chi connectivity index (χ0) is 25.8. The van der Waals surface area contributed by atoms with Gasteiger partial charge in [0, 0.05) is 16.1 Å². The Morgan fingerprint density at radius 1 is 0.943 bits per heavy atom. The molecule has 35 heavy (non-hydrogen) atoms. The first-order valence-electron chi connectivity index (χ1n) is 9.80. The lowest BCUT2D eigenvalue weighted by Gasteiger charge is -2.16. The minimum atomic E-state index is -4.70. The van der Waals surface area contributed by atoms with Crippen LogP contribution in [-0.2, 0) is 19.6 Å². The van der Waals surface area contributed by atoms with Gasteiger partial charge in [-0.15, -0.1) is 0 Å². The highest BCUT2D eigenvalue weighted by Crippen LogP contribution is 2.34. The molecule has 0 aliphatic rings. The van der Waals surface area contributed by atoms with Gasteiger partial charge in [-0.3, -0.25) is 4.79 Å². The maximum atomic E-state index is 12.7. The van der Waals surface area contributed by atoms with Crippen LogP contribution in [0.25, 0.3) is 11.1 Å². The van der Waals surface area contributed by atoms with E-state index in [1.165, 1.54) is 25.1 Å². The summed E-state index contributed by atoms with van der Waals surface area (Å²) in [6, 6.07) is 14.3. The van der Waals surface area contributed by atoms with Crippen LogP contribution in [0.5, 0.6) is 11.5 Å². The highest BCUT2D eigenvalue weighted by Gasteiger charge is 2.23. The van der Waals surface area contributed by atoms with Gasteiger partial charge in [0.25, 0.3) is 0 Å². The van der Waals surface area contributed by atoms with E-state index in [2.05, 4.69) is 0 Å². The molecule has 8 nitrogen and oxygen atoms in total. The molecule has 0 radical (unpaired) electrons. The van der Waals surface area contributed by atoms with Crippen molar-refractivity contribution in [3.63, 3.8) is 0 Å². The number of hydrogen-bond donors (Lipinski definition) is 0. The second-order valence-electron chi connectivity index (χ2n) is 6.91. The van der Waals surface area contributed by atoms with Crippen LogP contribution in [0.3, 0.4) is 0 Å². The third kappa shape index (κ3) is 7.27. The Labute approximate surface area is 242 Å². The minimum absolute atomic E-state index is 0.0161. The Hall–Kier alpha value is -1.50. The smallest absolute Gasteiger partial charge is 0.340 e. The van der Waals surface area contributed by atoms with E-state index in [0.29, 0.717) is 27.8 Å². The molecule has 0 atom stereocenters. The monoisotopic (exact) mass is 833 g/mol. The number of halogens is 3. The molecule has 184 valence electrons. The van der Waals surface area contributed by atoms with Crippen molar-refractivity contribution >= 4 is 89.8 Å². The van der Waals surface area contributed by atoms with Gasteiger partial charge >= 0.3 is 11.9 Å². The van der Waals surface area contributed by atoms with Gasteiger partial charge in [0.2, 0.25) is 0 Å². The van der Waals surface area contributed by atoms with Crippen LogP contribution in [0.15, 0.2) is 59.5 Å². The van der Waals surface area contributed by atoms with E-state index >= 15 is 0 Å². The van der Waals surface area contributed by atoms with E-state index in [0.717, 1.165) is 0 Å². The molecule has 3 aromatic rings. The number of benzene rings is 3. The topological polar surface area (TPSA) is 119 Å². The number of carbonyl (C=O) groups excluding carboxylic acids is 2. The summed E-state index contributed by atoms with van der Waals surface area (Å²) in [7, 11) is -4.70. The highest BCUT2D eigenvalue weighted by atomic mass is 127. The molecular formula is C23H16I3O8S-. The standard InChI is InChI=1S/C23H17I3O8S/c1-13(27)34-22-18(25)12-17(24)20(21(22)26)23(28)33-10-9-32-15-7-8-19(35(29,30)31)16(11-15)14-5-3-2-4-6-14/h2-8,11-12H,9-10H2,1H3,(H,29,30,31)/p-1. The number of rotatable bonds is 8. The summed E-state index contributed by atoms with van der Waals surface area (Å²) in [6.07, 6.45) is 0. The number of ether oxygens (including phenoxy) is 3. The first-order valence-corrected chi connectivity index (χ1v) is 14.4. The summed E-state index contributed by atoms with van der Waals surface area (Å²) < 4.78 is 53.0. The van der Waals surface area contributed by atoms with Crippen LogP contribution in [0.1, 0.15) is 17.3 Å². The summed E-state index contributed by atoms with van der Waals surface area (Å²) in [5.41, 5.74) is 1.04. The van der Waals surface area contributed by atoms with Crippen LogP contribution >= 0.6 is 67.8 Å². The number of hydrogen-bond acceptors (Lipinski definition) is 8. The summed E-state index contributed by atoms with van der Waals surface area (Å²) >= 11 is 5.97. The fourth-order valence-electron chi connectivity index (χ4n) is 3.02. The van der Waals surface area contributed by atoms with Crippen molar-refractivity contribution in [1.29, 1.82) is 0 Å². The van der Waals surface area contributed by atoms with Crippen LogP contribution in [0.2, 0.25) is 0 Å². The maximum Gasteiger partial charge on any atom is 0.340 e.